The van der Waals surface area contributed by atoms with Crippen LogP contribution in [0.5, 0.6) is 5.75 Å². The molecule has 1 aromatic rings. The van der Waals surface area contributed by atoms with Crippen LogP contribution >= 0.6 is 15.9 Å². The molecular formula is C13H17BrN2O4S. The number of carbonyl (C=O) groups excluding carboxylic acids is 1. The van der Waals surface area contributed by atoms with Gasteiger partial charge < -0.3 is 15.4 Å². The molecule has 21 heavy (non-hydrogen) atoms. The zero-order valence-corrected chi connectivity index (χ0v) is 14.0. The van der Waals surface area contributed by atoms with Crippen molar-refractivity contribution < 1.29 is 17.9 Å². The molecule has 2 N–H and O–H groups in total. The van der Waals surface area contributed by atoms with Gasteiger partial charge >= 0.3 is 0 Å². The number of hydrogen-bond donors (Lipinski definition) is 2. The summed E-state index contributed by atoms with van der Waals surface area (Å²) in [7, 11) is -1.47. The Bertz CT molecular complexity index is 633. The first kappa shape index (κ1) is 16.3. The average Bonchev–Trinajstić information content (AvgIpc) is 2.37. The number of nitrogens with one attached hydrogen (secondary N) is 2. The van der Waals surface area contributed by atoms with E-state index in [0.29, 0.717) is 18.0 Å². The first-order valence-corrected chi connectivity index (χ1v) is 9.08. The zero-order valence-electron chi connectivity index (χ0n) is 11.6. The maximum absolute atomic E-state index is 12.0. The van der Waals surface area contributed by atoms with Gasteiger partial charge in [0, 0.05) is 24.7 Å². The first-order valence-electron chi connectivity index (χ1n) is 6.47. The number of sulfone groups is 1. The summed E-state index contributed by atoms with van der Waals surface area (Å²) >= 11 is 3.34. The highest BCUT2D eigenvalue weighted by molar-refractivity contribution is 9.10. The van der Waals surface area contributed by atoms with E-state index in [4.69, 9.17) is 4.74 Å². The molecule has 0 aliphatic carbocycles. The summed E-state index contributed by atoms with van der Waals surface area (Å²) in [5, 5.41) is 5.80. The molecule has 8 heteroatoms. The zero-order chi connectivity index (χ0) is 15.5. The highest BCUT2D eigenvalue weighted by atomic mass is 79.9. The standard InChI is InChI=1S/C13H17BrN2O4S/c1-20-12-3-2-9(6-11(12)14)16-13(17)7-10-8-21(18,19)5-4-15-10/h2-3,6,10,15H,4-5,7-8H2,1H3,(H,16,17). The molecule has 0 bridgehead atoms. The quantitative estimate of drug-likeness (QED) is 0.823. The van der Waals surface area contributed by atoms with E-state index in [1.54, 1.807) is 25.3 Å². The van der Waals surface area contributed by atoms with Crippen molar-refractivity contribution in [1.82, 2.24) is 5.32 Å². The Hall–Kier alpha value is -1.12. The van der Waals surface area contributed by atoms with Crippen molar-refractivity contribution >= 4 is 37.4 Å². The predicted molar refractivity (Wildman–Crippen MR) is 84.4 cm³/mol. The van der Waals surface area contributed by atoms with Gasteiger partial charge in [0.05, 0.1) is 23.1 Å². The molecule has 1 atom stereocenters. The van der Waals surface area contributed by atoms with Crippen LogP contribution in [0, 0.1) is 0 Å². The summed E-state index contributed by atoms with van der Waals surface area (Å²) in [5.41, 5.74) is 0.631. The Balaban J connectivity index is 1.94. The minimum atomic E-state index is -3.03. The van der Waals surface area contributed by atoms with Crippen LogP contribution in [0.4, 0.5) is 5.69 Å². The third-order valence-corrected chi connectivity index (χ3v) is 5.52. The fourth-order valence-corrected chi connectivity index (χ4v) is 4.16. The van der Waals surface area contributed by atoms with Crippen molar-refractivity contribution in [2.75, 3.05) is 30.5 Å². The second-order valence-electron chi connectivity index (χ2n) is 4.87. The molecular weight excluding hydrogens is 360 g/mol. The van der Waals surface area contributed by atoms with E-state index >= 15 is 0 Å². The topological polar surface area (TPSA) is 84.5 Å². The predicted octanol–water partition coefficient (Wildman–Crippen LogP) is 1.17. The van der Waals surface area contributed by atoms with E-state index in [2.05, 4.69) is 26.6 Å². The van der Waals surface area contributed by atoms with E-state index in [1.165, 1.54) is 0 Å². The number of benzene rings is 1. The molecule has 0 aromatic heterocycles. The first-order chi connectivity index (χ1) is 9.89. The van der Waals surface area contributed by atoms with Gasteiger partial charge in [-0.1, -0.05) is 0 Å². The van der Waals surface area contributed by atoms with Crippen LogP contribution in [0.15, 0.2) is 22.7 Å². The number of amides is 1. The minimum Gasteiger partial charge on any atom is -0.496 e. The Kier molecular flexibility index (Phi) is 5.23. The number of methoxy groups -OCH3 is 1. The number of ether oxygens (including phenoxy) is 1. The molecule has 6 nitrogen and oxygen atoms in total. The highest BCUT2D eigenvalue weighted by Crippen LogP contribution is 2.27. The molecule has 1 aliphatic heterocycles. The van der Waals surface area contributed by atoms with Gasteiger partial charge in [0.1, 0.15) is 5.75 Å². The van der Waals surface area contributed by atoms with E-state index in [9.17, 15) is 13.2 Å². The van der Waals surface area contributed by atoms with Gasteiger partial charge in [-0.3, -0.25) is 4.79 Å². The number of hydrogen-bond acceptors (Lipinski definition) is 5. The minimum absolute atomic E-state index is 0.00667. The van der Waals surface area contributed by atoms with Gasteiger partial charge in [-0.15, -0.1) is 0 Å². The maximum Gasteiger partial charge on any atom is 0.225 e. The molecule has 0 spiro atoms. The fraction of sp³-hybridized carbons (Fsp3) is 0.462. The number of anilines is 1. The molecule has 1 unspecified atom stereocenters. The van der Waals surface area contributed by atoms with Crippen LogP contribution in [-0.4, -0.2) is 45.5 Å². The lowest BCUT2D eigenvalue weighted by Crippen LogP contribution is -2.46. The van der Waals surface area contributed by atoms with E-state index < -0.39 is 9.84 Å². The van der Waals surface area contributed by atoms with Crippen LogP contribution < -0.4 is 15.4 Å². The van der Waals surface area contributed by atoms with Crippen LogP contribution in [0.3, 0.4) is 0 Å². The van der Waals surface area contributed by atoms with Gasteiger partial charge in [0.15, 0.2) is 9.84 Å². The molecule has 1 fully saturated rings. The third kappa shape index (κ3) is 4.69. The molecule has 1 heterocycles. The van der Waals surface area contributed by atoms with Gasteiger partial charge in [-0.25, -0.2) is 8.42 Å². The van der Waals surface area contributed by atoms with E-state index in [0.717, 1.165) is 4.47 Å². The lowest BCUT2D eigenvalue weighted by Gasteiger charge is -2.23. The Morgan fingerprint density at radius 1 is 1.52 bits per heavy atom. The number of halogens is 1. The van der Waals surface area contributed by atoms with E-state index in [1.807, 2.05) is 0 Å². The Morgan fingerprint density at radius 2 is 2.29 bits per heavy atom. The van der Waals surface area contributed by atoms with Crippen molar-refractivity contribution in [3.8, 4) is 5.75 Å². The molecule has 1 saturated heterocycles. The van der Waals surface area contributed by atoms with Gasteiger partial charge in [0.2, 0.25) is 5.91 Å². The van der Waals surface area contributed by atoms with Crippen molar-refractivity contribution in [1.29, 1.82) is 0 Å². The number of rotatable bonds is 4. The lowest BCUT2D eigenvalue weighted by atomic mass is 10.2. The van der Waals surface area contributed by atoms with Crippen LogP contribution in [0.2, 0.25) is 0 Å². The van der Waals surface area contributed by atoms with Gasteiger partial charge in [-0.2, -0.15) is 0 Å². The van der Waals surface area contributed by atoms with Crippen molar-refractivity contribution in [3.05, 3.63) is 22.7 Å². The van der Waals surface area contributed by atoms with Crippen LogP contribution in [0.1, 0.15) is 6.42 Å². The van der Waals surface area contributed by atoms with Crippen LogP contribution in [0.25, 0.3) is 0 Å². The largest absolute Gasteiger partial charge is 0.496 e. The molecule has 0 radical (unpaired) electrons. The summed E-state index contributed by atoms with van der Waals surface area (Å²) in [6.45, 7) is 0.397. The summed E-state index contributed by atoms with van der Waals surface area (Å²) in [5.74, 6) is 0.596. The Labute approximate surface area is 132 Å². The molecule has 0 saturated carbocycles. The SMILES string of the molecule is COc1ccc(NC(=O)CC2CS(=O)(=O)CCN2)cc1Br. The maximum atomic E-state index is 12.0. The van der Waals surface area contributed by atoms with Gasteiger partial charge in [-0.05, 0) is 34.1 Å². The normalized spacial score (nSPS) is 20.8. The Morgan fingerprint density at radius 3 is 2.90 bits per heavy atom. The smallest absolute Gasteiger partial charge is 0.225 e. The number of carbonyl (C=O) groups is 1. The second-order valence-corrected chi connectivity index (χ2v) is 7.95. The summed E-state index contributed by atoms with van der Waals surface area (Å²) in [4.78, 5) is 12.0. The van der Waals surface area contributed by atoms with E-state index in [-0.39, 0.29) is 29.9 Å². The third-order valence-electron chi connectivity index (χ3n) is 3.17. The molecule has 1 aliphatic rings. The molecule has 2 rings (SSSR count). The van der Waals surface area contributed by atoms with Crippen molar-refractivity contribution in [2.24, 2.45) is 0 Å². The summed E-state index contributed by atoms with van der Waals surface area (Å²) < 4.78 is 28.9. The summed E-state index contributed by atoms with van der Waals surface area (Å²) in [6, 6.07) is 4.88. The highest BCUT2D eigenvalue weighted by Gasteiger charge is 2.25. The summed E-state index contributed by atoms with van der Waals surface area (Å²) in [6.07, 6.45) is 0.128. The van der Waals surface area contributed by atoms with Crippen molar-refractivity contribution in [2.45, 2.75) is 12.5 Å². The lowest BCUT2D eigenvalue weighted by molar-refractivity contribution is -0.116. The monoisotopic (exact) mass is 376 g/mol. The molecule has 1 aromatic carbocycles. The van der Waals surface area contributed by atoms with Crippen LogP contribution in [-0.2, 0) is 14.6 Å². The fourth-order valence-electron chi connectivity index (χ4n) is 2.18. The van der Waals surface area contributed by atoms with Crippen molar-refractivity contribution in [3.63, 3.8) is 0 Å². The van der Waals surface area contributed by atoms with Gasteiger partial charge in [0.25, 0.3) is 0 Å². The molecule has 116 valence electrons. The average molecular weight is 377 g/mol. The second kappa shape index (κ2) is 6.76. The molecule has 1 amide bonds.